The molecule has 1 aliphatic rings. The summed E-state index contributed by atoms with van der Waals surface area (Å²) in [5, 5.41) is 0. The third kappa shape index (κ3) is 13.6. The van der Waals surface area contributed by atoms with E-state index in [1.807, 2.05) is 121 Å². The molecule has 1 heterocycles. The lowest BCUT2D eigenvalue weighted by atomic mass is 10.1. The molecule has 294 valence electrons. The number of fused-ring (bicyclic) bond motifs is 1. The summed E-state index contributed by atoms with van der Waals surface area (Å²) in [6.07, 6.45) is 0.881. The summed E-state index contributed by atoms with van der Waals surface area (Å²) in [7, 11) is -7.52. The van der Waals surface area contributed by atoms with Crippen LogP contribution in [0.3, 0.4) is 0 Å². The van der Waals surface area contributed by atoms with E-state index in [1.165, 1.54) is 4.90 Å². The highest BCUT2D eigenvalue weighted by Crippen LogP contribution is 2.52. The van der Waals surface area contributed by atoms with Gasteiger partial charge in [0.2, 0.25) is 0 Å². The molecule has 14 heteroatoms. The lowest BCUT2D eigenvalue weighted by molar-refractivity contribution is 0.0637. The van der Waals surface area contributed by atoms with Crippen LogP contribution in [0.1, 0.15) is 55.8 Å². The number of phosphoric acid groups is 2. The molecule has 0 aromatic heterocycles. The first-order valence-corrected chi connectivity index (χ1v) is 21.1. The van der Waals surface area contributed by atoms with Crippen molar-refractivity contribution in [1.29, 1.82) is 0 Å². The van der Waals surface area contributed by atoms with Crippen LogP contribution in [-0.4, -0.2) is 43.0 Å². The minimum atomic E-state index is -3.89. The van der Waals surface area contributed by atoms with Crippen LogP contribution in [0.25, 0.3) is 0 Å². The van der Waals surface area contributed by atoms with E-state index in [-0.39, 0.29) is 58.0 Å². The third-order valence-electron chi connectivity index (χ3n) is 8.18. The molecule has 0 radical (unpaired) electrons. The molecular weight excluding hydrogens is 754 g/mol. The smallest absolute Gasteiger partial charge is 0.330 e. The summed E-state index contributed by atoms with van der Waals surface area (Å²) in [5.74, 6) is -0.668. The zero-order chi connectivity index (χ0) is 39.5. The Morgan fingerprint density at radius 2 is 0.732 bits per heavy atom. The fourth-order valence-corrected chi connectivity index (χ4v) is 7.62. The number of carbonyl (C=O) groups is 2. The van der Waals surface area contributed by atoms with Crippen molar-refractivity contribution in [3.05, 3.63) is 179 Å². The Labute approximate surface area is 327 Å². The Morgan fingerprint density at radius 1 is 0.429 bits per heavy atom. The van der Waals surface area contributed by atoms with E-state index in [1.54, 1.807) is 24.3 Å². The number of carbonyl (C=O) groups excluding carboxylic acids is 2. The van der Waals surface area contributed by atoms with Crippen LogP contribution in [-0.2, 0) is 62.7 Å². The van der Waals surface area contributed by atoms with Crippen LogP contribution in [0.4, 0.5) is 0 Å². The van der Waals surface area contributed by atoms with Gasteiger partial charge in [-0.2, -0.15) is 0 Å². The predicted molar refractivity (Wildman–Crippen MR) is 212 cm³/mol. The average molecular weight is 801 g/mol. The second kappa shape index (κ2) is 22.2. The molecule has 0 fully saturated rings. The molecule has 6 rings (SSSR count). The molecule has 1 aliphatic heterocycles. The maximum absolute atomic E-state index is 13.2. The maximum atomic E-state index is 13.2. The van der Waals surface area contributed by atoms with Crippen molar-refractivity contribution in [2.24, 2.45) is 5.73 Å². The summed E-state index contributed by atoms with van der Waals surface area (Å²) < 4.78 is 58.9. The summed E-state index contributed by atoms with van der Waals surface area (Å²) in [6.45, 7) is 1.27. The van der Waals surface area contributed by atoms with Gasteiger partial charge in [-0.3, -0.25) is 41.6 Å². The number of imide groups is 1. The van der Waals surface area contributed by atoms with Crippen LogP contribution in [0.2, 0.25) is 0 Å². The lowest BCUT2D eigenvalue weighted by Gasteiger charge is -2.19. The SMILES string of the molecule is NCCCOP(=O)(OCc1ccccc1)OCc1ccccc1.O=C1c2ccccc2C(=O)N1CCCOP(=O)(OCc1ccccc1)OCc1ccccc1. The van der Waals surface area contributed by atoms with Crippen molar-refractivity contribution in [2.45, 2.75) is 39.3 Å². The van der Waals surface area contributed by atoms with Gasteiger partial charge >= 0.3 is 15.6 Å². The Kier molecular flexibility index (Phi) is 16.9. The van der Waals surface area contributed by atoms with E-state index in [2.05, 4.69) is 0 Å². The molecule has 0 atom stereocenters. The van der Waals surface area contributed by atoms with Gasteiger partial charge < -0.3 is 5.73 Å². The van der Waals surface area contributed by atoms with Gasteiger partial charge in [-0.05, 0) is 53.8 Å². The van der Waals surface area contributed by atoms with Crippen LogP contribution in [0.15, 0.2) is 146 Å². The largest absolute Gasteiger partial charge is 0.475 e. The molecule has 5 aromatic rings. The molecule has 0 bridgehead atoms. The van der Waals surface area contributed by atoms with E-state index < -0.39 is 15.6 Å². The number of phosphoric ester groups is 2. The van der Waals surface area contributed by atoms with Crippen molar-refractivity contribution in [2.75, 3.05) is 26.3 Å². The summed E-state index contributed by atoms with van der Waals surface area (Å²) in [4.78, 5) is 26.1. The zero-order valence-corrected chi connectivity index (χ0v) is 32.7. The van der Waals surface area contributed by atoms with Gasteiger partial charge in [-0.25, -0.2) is 9.13 Å². The number of amides is 2. The van der Waals surface area contributed by atoms with E-state index in [0.29, 0.717) is 30.5 Å². The molecule has 2 amide bonds. The van der Waals surface area contributed by atoms with Crippen molar-refractivity contribution in [1.82, 2.24) is 4.90 Å². The molecule has 0 saturated carbocycles. The van der Waals surface area contributed by atoms with Gasteiger partial charge in [0.1, 0.15) is 0 Å². The van der Waals surface area contributed by atoms with E-state index in [9.17, 15) is 18.7 Å². The van der Waals surface area contributed by atoms with Gasteiger partial charge in [0.05, 0.1) is 50.8 Å². The number of benzene rings is 5. The first-order chi connectivity index (χ1) is 27.3. The molecule has 0 spiro atoms. The van der Waals surface area contributed by atoms with E-state index in [0.717, 1.165) is 22.3 Å². The van der Waals surface area contributed by atoms with Gasteiger partial charge in [-0.15, -0.1) is 0 Å². The molecule has 5 aromatic carbocycles. The minimum Gasteiger partial charge on any atom is -0.330 e. The lowest BCUT2D eigenvalue weighted by Crippen LogP contribution is -2.31. The quantitative estimate of drug-likeness (QED) is 0.0430. The molecule has 12 nitrogen and oxygen atoms in total. The Hall–Kier alpha value is -4.58. The van der Waals surface area contributed by atoms with Gasteiger partial charge in [0, 0.05) is 6.54 Å². The van der Waals surface area contributed by atoms with Crippen molar-refractivity contribution < 1.29 is 45.9 Å². The Balaban J connectivity index is 0.000000229. The standard InChI is InChI=1S/C25H24NO6P.C17H22NO4P/c27-24-22-14-7-8-15-23(22)25(28)26(24)16-9-17-30-33(29,31-18-20-10-3-1-4-11-20)32-19-21-12-5-2-6-13-21;18-12-7-13-20-23(19,21-14-16-8-3-1-4-9-16)22-15-17-10-5-2-6-11-17/h1-8,10-15H,9,16-19H2;1-6,8-11H,7,12-15,18H2. The minimum absolute atomic E-state index is 0.00569. The molecule has 0 unspecified atom stereocenters. The normalized spacial score (nSPS) is 12.6. The summed E-state index contributed by atoms with van der Waals surface area (Å²) in [5.41, 5.74) is 9.69. The monoisotopic (exact) mass is 800 g/mol. The number of rotatable bonds is 21. The van der Waals surface area contributed by atoms with Gasteiger partial charge in [0.15, 0.2) is 0 Å². The van der Waals surface area contributed by atoms with Crippen molar-refractivity contribution in [3.8, 4) is 0 Å². The Bertz CT molecular complexity index is 1910. The fourth-order valence-electron chi connectivity index (χ4n) is 5.24. The third-order valence-corrected chi connectivity index (χ3v) is 11.0. The maximum Gasteiger partial charge on any atom is 0.475 e. The second-order valence-electron chi connectivity index (χ2n) is 12.4. The van der Waals surface area contributed by atoms with Crippen LogP contribution in [0.5, 0.6) is 0 Å². The Morgan fingerprint density at radius 3 is 1.05 bits per heavy atom. The molecule has 0 aliphatic carbocycles. The van der Waals surface area contributed by atoms with E-state index in [4.69, 9.17) is 32.9 Å². The zero-order valence-electron chi connectivity index (χ0n) is 30.9. The van der Waals surface area contributed by atoms with Gasteiger partial charge in [0.25, 0.3) is 11.8 Å². The van der Waals surface area contributed by atoms with Crippen LogP contribution >= 0.6 is 15.6 Å². The van der Waals surface area contributed by atoms with Crippen LogP contribution < -0.4 is 5.73 Å². The molecule has 2 N–H and O–H groups in total. The van der Waals surface area contributed by atoms with E-state index >= 15 is 0 Å². The topological polar surface area (TPSA) is 153 Å². The first-order valence-electron chi connectivity index (χ1n) is 18.2. The van der Waals surface area contributed by atoms with Crippen molar-refractivity contribution in [3.63, 3.8) is 0 Å². The first kappa shape index (κ1) is 42.6. The molecule has 56 heavy (non-hydrogen) atoms. The number of hydrogen-bond acceptors (Lipinski definition) is 11. The van der Waals surface area contributed by atoms with Crippen LogP contribution in [0, 0.1) is 0 Å². The highest BCUT2D eigenvalue weighted by atomic mass is 31.2. The highest BCUT2D eigenvalue weighted by Gasteiger charge is 2.35. The average Bonchev–Trinajstić information content (AvgIpc) is 3.49. The number of nitrogens with two attached hydrogens (primary N) is 1. The number of nitrogens with zero attached hydrogens (tertiary/aromatic N) is 1. The predicted octanol–water partition coefficient (Wildman–Crippen LogP) is 9.12. The molecule has 0 saturated heterocycles. The second-order valence-corrected chi connectivity index (χ2v) is 15.7. The van der Waals surface area contributed by atoms with Gasteiger partial charge in [-0.1, -0.05) is 133 Å². The fraction of sp³-hybridized carbons (Fsp3) is 0.238. The number of hydrogen-bond donors (Lipinski definition) is 1. The molecular formula is C42H46N2O10P2. The van der Waals surface area contributed by atoms with Crippen molar-refractivity contribution >= 4 is 27.5 Å². The summed E-state index contributed by atoms with van der Waals surface area (Å²) in [6, 6.07) is 44.3. The highest BCUT2D eigenvalue weighted by molar-refractivity contribution is 7.48. The summed E-state index contributed by atoms with van der Waals surface area (Å²) >= 11 is 0.